The molecule has 0 bridgehead atoms. The molecule has 19 heteroatoms. The molecule has 0 aromatic rings. The maximum atomic E-state index is 12.2. The van der Waals surface area contributed by atoms with Gasteiger partial charge in [-0.25, -0.2) is 0 Å². The van der Waals surface area contributed by atoms with E-state index in [1.807, 2.05) is 13.8 Å². The number of amides is 1. The van der Waals surface area contributed by atoms with Crippen molar-refractivity contribution >= 4 is 44.1 Å². The van der Waals surface area contributed by atoms with E-state index < -0.39 is 67.4 Å². The van der Waals surface area contributed by atoms with Crippen LogP contribution >= 0.6 is 0 Å². The number of nitrogens with two attached hydrogens (primary N) is 1. The second kappa shape index (κ2) is 28.9. The predicted octanol–water partition coefficient (Wildman–Crippen LogP) is -6.30. The SMILES string of the molecule is CCCCC(CC)COC(=O)CC(C(=O)OCC(CC)CCCC)S(=O)(=O)O.NC(=O)CC(C(=O)O)S(=O)(=O)O.[H-].[H-].[H-].[Na+].[Na+].[Na+]. The molecule has 0 radical (unpaired) electrons. The van der Waals surface area contributed by atoms with Crippen molar-refractivity contribution in [3.8, 4) is 0 Å². The van der Waals surface area contributed by atoms with Crippen LogP contribution in [0.2, 0.25) is 0 Å². The van der Waals surface area contributed by atoms with Gasteiger partial charge in [0.05, 0.1) is 26.1 Å². The molecule has 0 spiro atoms. The maximum Gasteiger partial charge on any atom is 1.00 e. The summed E-state index contributed by atoms with van der Waals surface area (Å²) in [5.41, 5.74) is 4.55. The number of primary amides is 1. The first-order chi connectivity index (χ1) is 18.4. The number of hydrogen-bond acceptors (Lipinski definition) is 10. The van der Waals surface area contributed by atoms with Crippen molar-refractivity contribution in [3.05, 3.63) is 0 Å². The largest absolute Gasteiger partial charge is 1.00 e. The Bertz CT molecular complexity index is 1030. The van der Waals surface area contributed by atoms with Crippen LogP contribution in [0, 0.1) is 11.8 Å². The fourth-order valence-electron chi connectivity index (χ4n) is 3.32. The van der Waals surface area contributed by atoms with Gasteiger partial charge in [-0.15, -0.1) is 0 Å². The zero-order valence-electron chi connectivity index (χ0n) is 29.6. The molecule has 0 aromatic carbocycles. The monoisotopic (exact) mass is 691 g/mol. The molecule has 0 aromatic heterocycles. The molecular formula is C24H48NNa3O13S2. The summed E-state index contributed by atoms with van der Waals surface area (Å²) in [5.74, 6) is -4.53. The molecule has 5 N–H and O–H groups in total. The number of rotatable bonds is 20. The number of carboxylic acids is 1. The molecule has 4 atom stereocenters. The van der Waals surface area contributed by atoms with E-state index >= 15 is 0 Å². The van der Waals surface area contributed by atoms with Gasteiger partial charge >= 0.3 is 107 Å². The number of ether oxygens (including phenoxy) is 2. The standard InChI is InChI=1S/C20H38O7S.C4H7NO6S.3Na.3H/c1-5-9-11-16(7-3)14-26-19(21)13-18(28(23,24)25)20(22)27-15-17(8-4)12-10-6-2;5-3(6)1-2(4(7)8)12(9,10)11;;;;;;/h16-18H,5-15H2,1-4H3,(H,23,24,25);2H,1H2,(H2,5,6)(H,7,8)(H,9,10,11);;;;;;/q;;3*+1;3*-1. The molecule has 0 aliphatic heterocycles. The van der Waals surface area contributed by atoms with Crippen LogP contribution < -0.4 is 94.4 Å². The van der Waals surface area contributed by atoms with Crippen molar-refractivity contribution in [1.82, 2.24) is 0 Å². The van der Waals surface area contributed by atoms with Gasteiger partial charge in [-0.2, -0.15) is 16.8 Å². The van der Waals surface area contributed by atoms with Gasteiger partial charge in [-0.1, -0.05) is 66.2 Å². The molecule has 242 valence electrons. The topological polar surface area (TPSA) is 242 Å². The first-order valence-electron chi connectivity index (χ1n) is 13.2. The van der Waals surface area contributed by atoms with Crippen LogP contribution in [0.3, 0.4) is 0 Å². The average molecular weight is 692 g/mol. The van der Waals surface area contributed by atoms with Crippen LogP contribution in [0.5, 0.6) is 0 Å². The summed E-state index contributed by atoms with van der Waals surface area (Å²) >= 11 is 0. The Morgan fingerprint density at radius 3 is 1.40 bits per heavy atom. The van der Waals surface area contributed by atoms with Gasteiger partial charge in [0.15, 0.2) is 10.5 Å². The summed E-state index contributed by atoms with van der Waals surface area (Å²) < 4.78 is 71.6. The molecule has 0 saturated heterocycles. The molecule has 0 aliphatic rings. The molecule has 43 heavy (non-hydrogen) atoms. The first-order valence-corrected chi connectivity index (χ1v) is 16.2. The van der Waals surface area contributed by atoms with Gasteiger partial charge in [0.1, 0.15) is 0 Å². The normalized spacial score (nSPS) is 13.5. The maximum absolute atomic E-state index is 12.2. The molecule has 0 saturated carbocycles. The van der Waals surface area contributed by atoms with Crippen molar-refractivity contribution in [2.24, 2.45) is 17.6 Å². The van der Waals surface area contributed by atoms with Crippen molar-refractivity contribution < 1.29 is 153 Å². The fraction of sp³-hybridized carbons (Fsp3) is 0.833. The third-order valence-electron chi connectivity index (χ3n) is 6.02. The van der Waals surface area contributed by atoms with E-state index in [2.05, 4.69) is 19.6 Å². The van der Waals surface area contributed by atoms with E-state index in [0.717, 1.165) is 51.4 Å². The second-order valence-electron chi connectivity index (χ2n) is 9.37. The molecule has 0 rings (SSSR count). The van der Waals surface area contributed by atoms with Gasteiger partial charge in [0.25, 0.3) is 20.2 Å². The zero-order chi connectivity index (χ0) is 31.5. The predicted molar refractivity (Wildman–Crippen MR) is 149 cm³/mol. The van der Waals surface area contributed by atoms with Crippen molar-refractivity contribution in [3.63, 3.8) is 0 Å². The number of unbranched alkanes of at least 4 members (excludes halogenated alkanes) is 2. The number of hydrogen-bond donors (Lipinski definition) is 4. The summed E-state index contributed by atoms with van der Waals surface area (Å²) in [4.78, 5) is 44.5. The van der Waals surface area contributed by atoms with Gasteiger partial charge in [0, 0.05) is 0 Å². The molecule has 0 aliphatic carbocycles. The first kappa shape index (κ1) is 53.2. The van der Waals surface area contributed by atoms with Crippen LogP contribution in [0.15, 0.2) is 0 Å². The van der Waals surface area contributed by atoms with E-state index in [4.69, 9.17) is 19.1 Å². The third-order valence-corrected chi connectivity index (χ3v) is 8.19. The molecule has 1 amide bonds. The smallest absolute Gasteiger partial charge is 1.00 e. The van der Waals surface area contributed by atoms with Gasteiger partial charge in [0.2, 0.25) is 5.91 Å². The van der Waals surface area contributed by atoms with Gasteiger partial charge in [-0.05, 0) is 24.7 Å². The average Bonchev–Trinajstić information content (AvgIpc) is 2.84. The molecule has 0 fully saturated rings. The van der Waals surface area contributed by atoms with Crippen molar-refractivity contribution in [1.29, 1.82) is 0 Å². The van der Waals surface area contributed by atoms with Gasteiger partial charge < -0.3 is 24.6 Å². The minimum Gasteiger partial charge on any atom is -1.00 e. The quantitative estimate of drug-likeness (QED) is 0.0528. The summed E-state index contributed by atoms with van der Waals surface area (Å²) in [7, 11) is -9.52. The zero-order valence-corrected chi connectivity index (χ0v) is 34.2. The van der Waals surface area contributed by atoms with Gasteiger partial charge in [-0.3, -0.25) is 28.3 Å². The minimum atomic E-state index is -4.76. The van der Waals surface area contributed by atoms with Crippen LogP contribution in [0.1, 0.15) is 96.2 Å². The molecule has 4 unspecified atom stereocenters. The molecule has 14 nitrogen and oxygen atoms in total. The Kier molecular flexibility index (Phi) is 35.7. The Morgan fingerprint density at radius 2 is 1.12 bits per heavy atom. The Hall–Kier alpha value is 0.700. The number of carboxylic acid groups (broad SMARTS) is 1. The minimum absolute atomic E-state index is 0. The Balaban J connectivity index is -0.000000115. The summed E-state index contributed by atoms with van der Waals surface area (Å²) in [6, 6.07) is 0. The summed E-state index contributed by atoms with van der Waals surface area (Å²) in [5, 5.41) is 4.09. The van der Waals surface area contributed by atoms with Crippen LogP contribution in [0.4, 0.5) is 0 Å². The Labute approximate surface area is 326 Å². The van der Waals surface area contributed by atoms with Crippen LogP contribution in [0.25, 0.3) is 0 Å². The second-order valence-corrected chi connectivity index (χ2v) is 12.6. The van der Waals surface area contributed by atoms with Crippen molar-refractivity contribution in [2.45, 2.75) is 102 Å². The summed E-state index contributed by atoms with van der Waals surface area (Å²) in [6.45, 7) is 8.35. The van der Waals surface area contributed by atoms with E-state index in [0.29, 0.717) is 0 Å². The van der Waals surface area contributed by atoms with Crippen LogP contribution in [-0.2, 0) is 48.9 Å². The Morgan fingerprint density at radius 1 is 0.721 bits per heavy atom. The van der Waals surface area contributed by atoms with Crippen LogP contribution in [-0.4, -0.2) is 78.6 Å². The van der Waals surface area contributed by atoms with E-state index in [1.54, 1.807) is 0 Å². The van der Waals surface area contributed by atoms with Crippen molar-refractivity contribution in [2.75, 3.05) is 13.2 Å². The number of carbonyl (C=O) groups is 4. The number of aliphatic carboxylic acids is 1. The van der Waals surface area contributed by atoms with E-state index in [1.165, 1.54) is 0 Å². The fourth-order valence-corrected chi connectivity index (χ4v) is 4.61. The number of carbonyl (C=O) groups excluding carboxylic acids is 3. The third kappa shape index (κ3) is 27.5. The molecule has 0 heterocycles. The van der Waals surface area contributed by atoms with E-state index in [-0.39, 0.29) is 118 Å². The molecular weight excluding hydrogens is 643 g/mol. The number of esters is 2. The van der Waals surface area contributed by atoms with E-state index in [9.17, 15) is 40.6 Å². The summed E-state index contributed by atoms with van der Waals surface area (Å²) in [6.07, 6.45) is 5.80.